The Morgan fingerprint density at radius 2 is 1.95 bits per heavy atom. The molecule has 0 aromatic heterocycles. The first-order chi connectivity index (χ1) is 9.03. The number of morpholine rings is 1. The van der Waals surface area contributed by atoms with E-state index in [1.54, 1.807) is 0 Å². The predicted octanol–water partition coefficient (Wildman–Crippen LogP) is -0.374. The summed E-state index contributed by atoms with van der Waals surface area (Å²) >= 11 is 0. The van der Waals surface area contributed by atoms with Crippen LogP contribution in [-0.4, -0.2) is 71.6 Å². The minimum atomic E-state index is -3.15. The van der Waals surface area contributed by atoms with Crippen molar-refractivity contribution in [1.82, 2.24) is 14.9 Å². The topological polar surface area (TPSA) is 70.7 Å². The van der Waals surface area contributed by atoms with E-state index in [0.717, 1.165) is 45.8 Å². The first-order valence-corrected chi connectivity index (χ1v) is 8.63. The SMILES string of the molecule is CNCCCCS(=O)(=O)NC(C)CN1CCOCC1. The van der Waals surface area contributed by atoms with Crippen LogP contribution in [0.2, 0.25) is 0 Å². The molecule has 1 unspecified atom stereocenters. The van der Waals surface area contributed by atoms with Gasteiger partial charge < -0.3 is 10.1 Å². The highest BCUT2D eigenvalue weighted by atomic mass is 32.2. The molecule has 7 heteroatoms. The van der Waals surface area contributed by atoms with E-state index in [-0.39, 0.29) is 11.8 Å². The smallest absolute Gasteiger partial charge is 0.211 e. The molecule has 1 atom stereocenters. The summed E-state index contributed by atoms with van der Waals surface area (Å²) in [5.74, 6) is 0.210. The molecular weight excluding hydrogens is 266 g/mol. The van der Waals surface area contributed by atoms with Gasteiger partial charge in [0.1, 0.15) is 0 Å². The van der Waals surface area contributed by atoms with Gasteiger partial charge in [0.25, 0.3) is 0 Å². The van der Waals surface area contributed by atoms with Crippen LogP contribution < -0.4 is 10.0 Å². The van der Waals surface area contributed by atoms with Crippen LogP contribution in [0.3, 0.4) is 0 Å². The summed E-state index contributed by atoms with van der Waals surface area (Å²) in [6, 6.07) is -0.0487. The van der Waals surface area contributed by atoms with Crippen molar-refractivity contribution in [2.45, 2.75) is 25.8 Å². The molecule has 19 heavy (non-hydrogen) atoms. The van der Waals surface area contributed by atoms with E-state index in [1.165, 1.54) is 0 Å². The molecule has 2 N–H and O–H groups in total. The molecule has 1 fully saturated rings. The van der Waals surface area contributed by atoms with Crippen molar-refractivity contribution in [2.75, 3.05) is 52.2 Å². The first-order valence-electron chi connectivity index (χ1n) is 6.98. The number of rotatable bonds is 9. The molecule has 0 spiro atoms. The average Bonchev–Trinajstić information content (AvgIpc) is 2.35. The van der Waals surface area contributed by atoms with Gasteiger partial charge in [-0.25, -0.2) is 13.1 Å². The van der Waals surface area contributed by atoms with E-state index in [0.29, 0.717) is 6.42 Å². The number of ether oxygens (including phenoxy) is 1. The fourth-order valence-electron chi connectivity index (χ4n) is 2.17. The summed E-state index contributed by atoms with van der Waals surface area (Å²) in [6.45, 7) is 6.77. The highest BCUT2D eigenvalue weighted by Crippen LogP contribution is 2.01. The number of sulfonamides is 1. The van der Waals surface area contributed by atoms with Crippen molar-refractivity contribution < 1.29 is 13.2 Å². The third-order valence-corrected chi connectivity index (χ3v) is 4.69. The monoisotopic (exact) mass is 293 g/mol. The lowest BCUT2D eigenvalue weighted by atomic mass is 10.3. The van der Waals surface area contributed by atoms with Gasteiger partial charge in [0.15, 0.2) is 0 Å². The molecule has 1 aliphatic heterocycles. The molecule has 0 saturated carbocycles. The Bertz CT molecular complexity index is 329. The average molecular weight is 293 g/mol. The lowest BCUT2D eigenvalue weighted by Crippen LogP contribution is -2.46. The first kappa shape index (κ1) is 16.8. The lowest BCUT2D eigenvalue weighted by molar-refractivity contribution is 0.0354. The fraction of sp³-hybridized carbons (Fsp3) is 1.00. The number of nitrogens with zero attached hydrogens (tertiary/aromatic N) is 1. The van der Waals surface area contributed by atoms with E-state index in [2.05, 4.69) is 14.9 Å². The summed E-state index contributed by atoms with van der Waals surface area (Å²) in [5, 5.41) is 3.02. The van der Waals surface area contributed by atoms with Crippen molar-refractivity contribution in [3.8, 4) is 0 Å². The summed E-state index contributed by atoms with van der Waals surface area (Å²) in [6.07, 6.45) is 1.58. The molecule has 0 bridgehead atoms. The minimum absolute atomic E-state index is 0.0487. The molecular formula is C12H27N3O3S. The van der Waals surface area contributed by atoms with Crippen molar-refractivity contribution in [3.05, 3.63) is 0 Å². The van der Waals surface area contributed by atoms with Gasteiger partial charge in [0.05, 0.1) is 19.0 Å². The van der Waals surface area contributed by atoms with Crippen molar-refractivity contribution in [1.29, 1.82) is 0 Å². The molecule has 0 aromatic carbocycles. The van der Waals surface area contributed by atoms with Gasteiger partial charge in [-0.2, -0.15) is 0 Å². The molecule has 0 radical (unpaired) electrons. The maximum atomic E-state index is 11.9. The zero-order valence-corrected chi connectivity index (χ0v) is 12.8. The van der Waals surface area contributed by atoms with Gasteiger partial charge in [0, 0.05) is 25.7 Å². The Morgan fingerprint density at radius 3 is 2.58 bits per heavy atom. The van der Waals surface area contributed by atoms with Crippen molar-refractivity contribution >= 4 is 10.0 Å². The van der Waals surface area contributed by atoms with Crippen molar-refractivity contribution in [2.24, 2.45) is 0 Å². The summed E-state index contributed by atoms with van der Waals surface area (Å²) in [5.41, 5.74) is 0. The van der Waals surface area contributed by atoms with Crippen LogP contribution in [0.5, 0.6) is 0 Å². The second-order valence-electron chi connectivity index (χ2n) is 5.06. The Labute approximate surface area is 116 Å². The van der Waals surface area contributed by atoms with E-state index >= 15 is 0 Å². The molecule has 1 saturated heterocycles. The van der Waals surface area contributed by atoms with Crippen LogP contribution in [0.1, 0.15) is 19.8 Å². The quantitative estimate of drug-likeness (QED) is 0.568. The molecule has 1 heterocycles. The maximum Gasteiger partial charge on any atom is 0.211 e. The van der Waals surface area contributed by atoms with Crippen LogP contribution in [0.15, 0.2) is 0 Å². The van der Waals surface area contributed by atoms with Gasteiger partial charge in [0.2, 0.25) is 10.0 Å². The Kier molecular flexibility index (Phi) is 7.86. The van der Waals surface area contributed by atoms with E-state index in [1.807, 2.05) is 14.0 Å². The van der Waals surface area contributed by atoms with Crippen molar-refractivity contribution in [3.63, 3.8) is 0 Å². The second-order valence-corrected chi connectivity index (χ2v) is 6.93. The van der Waals surface area contributed by atoms with Crippen LogP contribution >= 0.6 is 0 Å². The highest BCUT2D eigenvalue weighted by Gasteiger charge is 2.18. The highest BCUT2D eigenvalue weighted by molar-refractivity contribution is 7.89. The van der Waals surface area contributed by atoms with Crippen LogP contribution in [0.25, 0.3) is 0 Å². The zero-order valence-electron chi connectivity index (χ0n) is 12.0. The third kappa shape index (κ3) is 7.84. The predicted molar refractivity (Wildman–Crippen MR) is 76.8 cm³/mol. The normalized spacial score (nSPS) is 19.5. The third-order valence-electron chi connectivity index (χ3n) is 3.11. The van der Waals surface area contributed by atoms with Gasteiger partial charge in [-0.1, -0.05) is 0 Å². The van der Waals surface area contributed by atoms with Gasteiger partial charge in [-0.15, -0.1) is 0 Å². The Balaban J connectivity index is 2.23. The van der Waals surface area contributed by atoms with Gasteiger partial charge >= 0.3 is 0 Å². The molecule has 0 aromatic rings. The van der Waals surface area contributed by atoms with Gasteiger partial charge in [-0.05, 0) is 33.4 Å². The summed E-state index contributed by atoms with van der Waals surface area (Å²) < 4.78 is 31.8. The maximum absolute atomic E-state index is 11.9. The summed E-state index contributed by atoms with van der Waals surface area (Å²) in [4.78, 5) is 2.23. The Hall–Kier alpha value is -0.210. The molecule has 0 amide bonds. The number of unbranched alkanes of at least 4 members (excludes halogenated alkanes) is 1. The molecule has 1 rings (SSSR count). The van der Waals surface area contributed by atoms with E-state index < -0.39 is 10.0 Å². The molecule has 0 aliphatic carbocycles. The lowest BCUT2D eigenvalue weighted by Gasteiger charge is -2.29. The fourth-order valence-corrected chi connectivity index (χ4v) is 3.56. The standard InChI is InChI=1S/C12H27N3O3S/c1-12(11-15-6-8-18-9-7-15)14-19(16,17)10-4-3-5-13-2/h12-14H,3-11H2,1-2H3. The molecule has 1 aliphatic rings. The van der Waals surface area contributed by atoms with Crippen LogP contribution in [0.4, 0.5) is 0 Å². The van der Waals surface area contributed by atoms with Crippen LogP contribution in [-0.2, 0) is 14.8 Å². The largest absolute Gasteiger partial charge is 0.379 e. The number of hydrogen-bond acceptors (Lipinski definition) is 5. The van der Waals surface area contributed by atoms with E-state index in [4.69, 9.17) is 4.74 Å². The zero-order chi connectivity index (χ0) is 14.1. The summed E-state index contributed by atoms with van der Waals surface area (Å²) in [7, 11) is -1.28. The van der Waals surface area contributed by atoms with Crippen LogP contribution in [0, 0.1) is 0 Å². The van der Waals surface area contributed by atoms with Gasteiger partial charge in [-0.3, -0.25) is 4.90 Å². The number of nitrogens with one attached hydrogen (secondary N) is 2. The molecule has 6 nitrogen and oxygen atoms in total. The Morgan fingerprint density at radius 1 is 1.26 bits per heavy atom. The molecule has 114 valence electrons. The minimum Gasteiger partial charge on any atom is -0.379 e. The van der Waals surface area contributed by atoms with E-state index in [9.17, 15) is 8.42 Å². The number of hydrogen-bond donors (Lipinski definition) is 2. The second kappa shape index (κ2) is 8.86.